The van der Waals surface area contributed by atoms with E-state index in [2.05, 4.69) is 10.2 Å². The van der Waals surface area contributed by atoms with Crippen molar-refractivity contribution in [1.82, 2.24) is 10.2 Å². The van der Waals surface area contributed by atoms with Gasteiger partial charge in [0.2, 0.25) is 5.91 Å². The Bertz CT molecular complexity index is 416. The van der Waals surface area contributed by atoms with Crippen LogP contribution in [0.2, 0.25) is 0 Å². The molecule has 1 aliphatic rings. The average Bonchev–Trinajstić information content (AvgIpc) is 2.40. The second-order valence-electron chi connectivity index (χ2n) is 4.73. The lowest BCUT2D eigenvalue weighted by molar-refractivity contribution is -0.123. The van der Waals surface area contributed by atoms with E-state index in [0.717, 1.165) is 18.7 Å². The molecular weight excluding hydrogens is 247 g/mol. The van der Waals surface area contributed by atoms with Crippen molar-refractivity contribution in [1.29, 1.82) is 0 Å². The van der Waals surface area contributed by atoms with Gasteiger partial charge in [0.25, 0.3) is 0 Å². The molecule has 1 heterocycles. The zero-order valence-corrected chi connectivity index (χ0v) is 11.1. The fourth-order valence-electron chi connectivity index (χ4n) is 2.08. The van der Waals surface area contributed by atoms with Gasteiger partial charge in [0.05, 0.1) is 25.8 Å². The monoisotopic (exact) mass is 266 g/mol. The van der Waals surface area contributed by atoms with E-state index in [-0.39, 0.29) is 17.8 Å². The minimum Gasteiger partial charge on any atom is -0.379 e. The molecule has 2 rings (SSSR count). The summed E-state index contributed by atoms with van der Waals surface area (Å²) in [7, 11) is 0. The van der Waals surface area contributed by atoms with Gasteiger partial charge in [-0.25, -0.2) is 4.39 Å². The molecule has 0 saturated carbocycles. The normalized spacial score (nSPS) is 18.0. The third-order valence-electron chi connectivity index (χ3n) is 3.22. The van der Waals surface area contributed by atoms with Crippen LogP contribution in [0.1, 0.15) is 18.5 Å². The van der Waals surface area contributed by atoms with Gasteiger partial charge in [-0.3, -0.25) is 9.69 Å². The summed E-state index contributed by atoms with van der Waals surface area (Å²) in [6, 6.07) is 6.07. The molecule has 1 fully saturated rings. The van der Waals surface area contributed by atoms with Gasteiger partial charge in [0.15, 0.2) is 0 Å². The Kier molecular flexibility index (Phi) is 4.87. The Morgan fingerprint density at radius 2 is 2.00 bits per heavy atom. The maximum Gasteiger partial charge on any atom is 0.234 e. The van der Waals surface area contributed by atoms with E-state index in [1.807, 2.05) is 6.92 Å². The maximum absolute atomic E-state index is 12.8. The summed E-state index contributed by atoms with van der Waals surface area (Å²) < 4.78 is 18.0. The second kappa shape index (κ2) is 6.63. The Balaban J connectivity index is 1.82. The van der Waals surface area contributed by atoms with Crippen LogP contribution in [0.5, 0.6) is 0 Å². The molecule has 1 N–H and O–H groups in total. The number of ether oxygens (including phenoxy) is 1. The Morgan fingerprint density at radius 3 is 2.63 bits per heavy atom. The van der Waals surface area contributed by atoms with E-state index < -0.39 is 0 Å². The number of carbonyl (C=O) groups excluding carboxylic acids is 1. The molecular formula is C14H19FN2O2. The molecule has 1 amide bonds. The first-order valence-corrected chi connectivity index (χ1v) is 6.50. The number of amides is 1. The van der Waals surface area contributed by atoms with Crippen molar-refractivity contribution in [2.45, 2.75) is 13.0 Å². The number of nitrogens with one attached hydrogen (secondary N) is 1. The van der Waals surface area contributed by atoms with Crippen LogP contribution in [-0.2, 0) is 9.53 Å². The predicted octanol–water partition coefficient (Wildman–Crippen LogP) is 1.34. The van der Waals surface area contributed by atoms with Gasteiger partial charge in [0.1, 0.15) is 5.82 Å². The minimum atomic E-state index is -0.268. The summed E-state index contributed by atoms with van der Waals surface area (Å²) in [4.78, 5) is 14.0. The van der Waals surface area contributed by atoms with Crippen molar-refractivity contribution < 1.29 is 13.9 Å². The van der Waals surface area contributed by atoms with Crippen LogP contribution >= 0.6 is 0 Å². The highest BCUT2D eigenvalue weighted by molar-refractivity contribution is 5.78. The van der Waals surface area contributed by atoms with Gasteiger partial charge >= 0.3 is 0 Å². The minimum absolute atomic E-state index is 0.0151. The van der Waals surface area contributed by atoms with Crippen LogP contribution in [-0.4, -0.2) is 43.7 Å². The molecule has 0 bridgehead atoms. The zero-order valence-electron chi connectivity index (χ0n) is 11.1. The first kappa shape index (κ1) is 14.0. The number of halogens is 1. The summed E-state index contributed by atoms with van der Waals surface area (Å²) in [5, 5.41) is 2.92. The standard InChI is InChI=1S/C14H19FN2O2/c1-11(12-2-4-13(15)5-3-12)16-14(18)10-17-6-8-19-9-7-17/h2-5,11H,6-10H2,1H3,(H,16,18)/t11-/m0/s1. The number of hydrogen-bond acceptors (Lipinski definition) is 3. The number of hydrogen-bond donors (Lipinski definition) is 1. The van der Waals surface area contributed by atoms with E-state index in [1.165, 1.54) is 12.1 Å². The molecule has 1 atom stereocenters. The molecule has 1 aromatic carbocycles. The lowest BCUT2D eigenvalue weighted by atomic mass is 10.1. The third-order valence-corrected chi connectivity index (χ3v) is 3.22. The van der Waals surface area contributed by atoms with E-state index in [9.17, 15) is 9.18 Å². The lowest BCUT2D eigenvalue weighted by Crippen LogP contribution is -2.43. The predicted molar refractivity (Wildman–Crippen MR) is 70.2 cm³/mol. The highest BCUT2D eigenvalue weighted by Crippen LogP contribution is 2.12. The fourth-order valence-corrected chi connectivity index (χ4v) is 2.08. The van der Waals surface area contributed by atoms with Crippen molar-refractivity contribution in [3.8, 4) is 0 Å². The van der Waals surface area contributed by atoms with Crippen molar-refractivity contribution in [3.05, 3.63) is 35.6 Å². The van der Waals surface area contributed by atoms with Crippen LogP contribution in [0.4, 0.5) is 4.39 Å². The van der Waals surface area contributed by atoms with E-state index in [0.29, 0.717) is 19.8 Å². The van der Waals surface area contributed by atoms with E-state index in [4.69, 9.17) is 4.74 Å². The van der Waals surface area contributed by atoms with Crippen LogP contribution in [0.3, 0.4) is 0 Å². The Morgan fingerprint density at radius 1 is 1.37 bits per heavy atom. The summed E-state index contributed by atoms with van der Waals surface area (Å²) in [5.41, 5.74) is 0.900. The van der Waals surface area contributed by atoms with Gasteiger partial charge in [-0.1, -0.05) is 12.1 Å². The molecule has 0 spiro atoms. The van der Waals surface area contributed by atoms with E-state index in [1.54, 1.807) is 12.1 Å². The maximum atomic E-state index is 12.8. The number of rotatable bonds is 4. The van der Waals surface area contributed by atoms with Gasteiger partial charge in [-0.15, -0.1) is 0 Å². The Labute approximate surface area is 112 Å². The molecule has 0 radical (unpaired) electrons. The van der Waals surface area contributed by atoms with Gasteiger partial charge in [-0.05, 0) is 24.6 Å². The summed E-state index contributed by atoms with van der Waals surface area (Å²) >= 11 is 0. The van der Waals surface area contributed by atoms with E-state index >= 15 is 0 Å². The molecule has 4 nitrogen and oxygen atoms in total. The first-order valence-electron chi connectivity index (χ1n) is 6.50. The number of morpholine rings is 1. The lowest BCUT2D eigenvalue weighted by Gasteiger charge is -2.26. The summed E-state index contributed by atoms with van der Waals surface area (Å²) in [5.74, 6) is -0.283. The molecule has 19 heavy (non-hydrogen) atoms. The molecule has 1 aliphatic heterocycles. The largest absolute Gasteiger partial charge is 0.379 e. The number of carbonyl (C=O) groups is 1. The van der Waals surface area contributed by atoms with Crippen LogP contribution in [0.25, 0.3) is 0 Å². The topological polar surface area (TPSA) is 41.6 Å². The molecule has 0 unspecified atom stereocenters. The molecule has 104 valence electrons. The van der Waals surface area contributed by atoms with Crippen LogP contribution < -0.4 is 5.32 Å². The zero-order chi connectivity index (χ0) is 13.7. The molecule has 1 aromatic rings. The van der Waals surface area contributed by atoms with Gasteiger partial charge in [0, 0.05) is 13.1 Å². The highest BCUT2D eigenvalue weighted by atomic mass is 19.1. The first-order chi connectivity index (χ1) is 9.15. The smallest absolute Gasteiger partial charge is 0.234 e. The second-order valence-corrected chi connectivity index (χ2v) is 4.73. The summed E-state index contributed by atoms with van der Waals surface area (Å²) in [6.07, 6.45) is 0. The molecule has 0 aliphatic carbocycles. The number of nitrogens with zero attached hydrogens (tertiary/aromatic N) is 1. The van der Waals surface area contributed by atoms with Gasteiger partial charge in [-0.2, -0.15) is 0 Å². The Hall–Kier alpha value is -1.46. The van der Waals surface area contributed by atoms with Crippen molar-refractivity contribution in [2.75, 3.05) is 32.8 Å². The quantitative estimate of drug-likeness (QED) is 0.894. The van der Waals surface area contributed by atoms with Crippen LogP contribution in [0, 0.1) is 5.82 Å². The third kappa shape index (κ3) is 4.29. The fraction of sp³-hybridized carbons (Fsp3) is 0.500. The molecule has 0 aromatic heterocycles. The molecule has 5 heteroatoms. The highest BCUT2D eigenvalue weighted by Gasteiger charge is 2.16. The van der Waals surface area contributed by atoms with Gasteiger partial charge < -0.3 is 10.1 Å². The van der Waals surface area contributed by atoms with Crippen molar-refractivity contribution in [2.24, 2.45) is 0 Å². The van der Waals surface area contributed by atoms with Crippen molar-refractivity contribution >= 4 is 5.91 Å². The average molecular weight is 266 g/mol. The molecule has 1 saturated heterocycles. The SMILES string of the molecule is C[C@H](NC(=O)CN1CCOCC1)c1ccc(F)cc1. The number of benzene rings is 1. The van der Waals surface area contributed by atoms with Crippen molar-refractivity contribution in [3.63, 3.8) is 0 Å². The summed E-state index contributed by atoms with van der Waals surface area (Å²) in [6.45, 7) is 5.22. The van der Waals surface area contributed by atoms with Crippen LogP contribution in [0.15, 0.2) is 24.3 Å².